The Hall–Kier alpha value is -4.07. The molecule has 13 heteroatoms. The first-order valence-electron chi connectivity index (χ1n) is 15.9. The van der Waals surface area contributed by atoms with Gasteiger partial charge in [0.1, 0.15) is 13.2 Å². The summed E-state index contributed by atoms with van der Waals surface area (Å²) in [4.78, 5) is 30.3. The molecule has 3 aromatic rings. The first-order valence-corrected chi connectivity index (χ1v) is 17.3. The van der Waals surface area contributed by atoms with Gasteiger partial charge in [0.05, 0.1) is 29.5 Å². The van der Waals surface area contributed by atoms with Gasteiger partial charge < -0.3 is 33.3 Å². The molecule has 1 spiro atoms. The summed E-state index contributed by atoms with van der Waals surface area (Å²) < 4.78 is 55.3. The van der Waals surface area contributed by atoms with Gasteiger partial charge in [-0.2, -0.15) is 0 Å². The molecule has 2 bridgehead atoms. The second-order valence-electron chi connectivity index (χ2n) is 12.6. The number of ether oxygens (including phenoxy) is 4. The number of anilines is 2. The maximum Gasteiger partial charge on any atom is 0.262 e. The number of fused-ring (bicyclic) bond motifs is 5. The maximum atomic E-state index is 13.9. The van der Waals surface area contributed by atoms with Crippen LogP contribution in [0.25, 0.3) is 0 Å². The standard InChI is InChI=1S/C33H36N4O8S/c38-31-3-1-2-27-24-16-22(20-37(27)31)19-36(21-24)28-6-4-23(32(39)35-10-8-33(9-11-35)44-14-15-45-33)17-26(28)34-46(40,41)25-5-7-29-30(18-25)43-13-12-42-29/h1-7,17-18,22,24,34H,8-16,19-21H2/t22-,24+/m1/s1. The fourth-order valence-electron chi connectivity index (χ4n) is 7.53. The molecule has 12 nitrogen and oxygen atoms in total. The number of rotatable bonds is 5. The average Bonchev–Trinajstić information content (AvgIpc) is 3.52. The molecule has 2 atom stereocenters. The van der Waals surface area contributed by atoms with Crippen molar-refractivity contribution < 1.29 is 32.2 Å². The molecule has 8 rings (SSSR count). The van der Waals surface area contributed by atoms with Gasteiger partial charge in [-0.3, -0.25) is 14.3 Å². The number of likely N-dealkylation sites (tertiary alicyclic amines) is 1. The normalized spacial score (nSPS) is 23.2. The van der Waals surface area contributed by atoms with Crippen molar-refractivity contribution in [2.45, 2.75) is 42.4 Å². The topological polar surface area (TPSA) is 129 Å². The molecule has 1 N–H and O–H groups in total. The minimum atomic E-state index is -4.08. The number of piperidine rings is 2. The molecule has 5 aliphatic heterocycles. The number of nitrogens with one attached hydrogen (secondary N) is 1. The molecular formula is C33H36N4O8S. The van der Waals surface area contributed by atoms with E-state index in [1.807, 2.05) is 16.7 Å². The van der Waals surface area contributed by atoms with Crippen molar-refractivity contribution in [1.82, 2.24) is 9.47 Å². The van der Waals surface area contributed by atoms with Crippen LogP contribution in [0.1, 0.15) is 41.2 Å². The summed E-state index contributed by atoms with van der Waals surface area (Å²) >= 11 is 0. The van der Waals surface area contributed by atoms with Crippen LogP contribution in [0.5, 0.6) is 11.5 Å². The molecule has 46 heavy (non-hydrogen) atoms. The molecule has 0 saturated carbocycles. The van der Waals surface area contributed by atoms with Gasteiger partial charge in [-0.05, 0) is 48.7 Å². The summed E-state index contributed by atoms with van der Waals surface area (Å²) in [5.41, 5.74) is 2.40. The molecule has 0 unspecified atom stereocenters. The number of benzene rings is 2. The van der Waals surface area contributed by atoms with Gasteiger partial charge in [0, 0.05) is 74.9 Å². The summed E-state index contributed by atoms with van der Waals surface area (Å²) in [6.45, 7) is 4.68. The number of carbonyl (C=O) groups excluding carboxylic acids is 1. The first-order chi connectivity index (χ1) is 22.3. The Morgan fingerprint density at radius 3 is 2.46 bits per heavy atom. The summed E-state index contributed by atoms with van der Waals surface area (Å²) in [5, 5.41) is 0. The minimum absolute atomic E-state index is 0.00563. The molecule has 5 aliphatic rings. The fourth-order valence-corrected chi connectivity index (χ4v) is 8.61. The van der Waals surface area contributed by atoms with Crippen molar-refractivity contribution in [3.8, 4) is 11.5 Å². The van der Waals surface area contributed by atoms with E-state index in [0.717, 1.165) is 12.1 Å². The number of carbonyl (C=O) groups is 1. The van der Waals surface area contributed by atoms with Gasteiger partial charge in [0.25, 0.3) is 21.5 Å². The van der Waals surface area contributed by atoms with E-state index in [9.17, 15) is 18.0 Å². The number of amides is 1. The smallest absolute Gasteiger partial charge is 0.262 e. The maximum absolute atomic E-state index is 13.9. The number of aromatic nitrogens is 1. The van der Waals surface area contributed by atoms with Crippen molar-refractivity contribution >= 4 is 27.3 Å². The van der Waals surface area contributed by atoms with E-state index in [4.69, 9.17) is 18.9 Å². The Balaban J connectivity index is 1.12. The molecule has 1 aromatic heterocycles. The van der Waals surface area contributed by atoms with E-state index in [0.29, 0.717) is 100 Å². The lowest BCUT2D eigenvalue weighted by Gasteiger charge is -2.44. The quantitative estimate of drug-likeness (QED) is 0.444. The lowest BCUT2D eigenvalue weighted by molar-refractivity contribution is -0.181. The highest BCUT2D eigenvalue weighted by molar-refractivity contribution is 7.92. The highest BCUT2D eigenvalue weighted by atomic mass is 32.2. The number of sulfonamides is 1. The number of pyridine rings is 1. The van der Waals surface area contributed by atoms with Gasteiger partial charge in [-0.25, -0.2) is 8.42 Å². The summed E-state index contributed by atoms with van der Waals surface area (Å²) in [6.07, 6.45) is 2.13. The molecule has 2 aromatic carbocycles. The molecule has 3 fully saturated rings. The molecule has 1 amide bonds. The van der Waals surface area contributed by atoms with Crippen LogP contribution in [-0.2, 0) is 26.0 Å². The predicted octanol–water partition coefficient (Wildman–Crippen LogP) is 3.02. The van der Waals surface area contributed by atoms with Crippen LogP contribution in [0.15, 0.2) is 64.3 Å². The van der Waals surface area contributed by atoms with Crippen LogP contribution >= 0.6 is 0 Å². The Bertz CT molecular complexity index is 1840. The SMILES string of the molecule is O=C(c1ccc(N2C[C@H]3C[C@@H](C2)c2cccc(=O)n2C3)c(NS(=O)(=O)c2ccc3c(c2)OCCO3)c1)N1CCC2(CC1)OCCO2. The van der Waals surface area contributed by atoms with Crippen molar-refractivity contribution in [3.05, 3.63) is 76.2 Å². The third kappa shape index (κ3) is 5.29. The minimum Gasteiger partial charge on any atom is -0.486 e. The highest BCUT2D eigenvalue weighted by Gasteiger charge is 2.41. The Kier molecular flexibility index (Phi) is 7.22. The van der Waals surface area contributed by atoms with Crippen molar-refractivity contribution in [2.75, 3.05) is 62.2 Å². The highest BCUT2D eigenvalue weighted by Crippen LogP contribution is 2.41. The van der Waals surface area contributed by atoms with Crippen molar-refractivity contribution in [1.29, 1.82) is 0 Å². The second kappa shape index (κ2) is 11.3. The number of hydrogen-bond acceptors (Lipinski definition) is 9. The molecule has 6 heterocycles. The van der Waals surface area contributed by atoms with E-state index in [-0.39, 0.29) is 28.2 Å². The number of hydrogen-bond donors (Lipinski definition) is 1. The van der Waals surface area contributed by atoms with Crippen LogP contribution in [0, 0.1) is 5.92 Å². The van der Waals surface area contributed by atoms with Crippen molar-refractivity contribution in [2.24, 2.45) is 5.92 Å². The van der Waals surface area contributed by atoms with Crippen LogP contribution in [0.2, 0.25) is 0 Å². The van der Waals surface area contributed by atoms with Crippen molar-refractivity contribution in [3.63, 3.8) is 0 Å². The van der Waals surface area contributed by atoms with Crippen LogP contribution < -0.4 is 24.7 Å². The lowest BCUT2D eigenvalue weighted by Crippen LogP contribution is -2.47. The zero-order valence-electron chi connectivity index (χ0n) is 25.4. The lowest BCUT2D eigenvalue weighted by atomic mass is 9.83. The molecule has 3 saturated heterocycles. The Morgan fingerprint density at radius 1 is 0.870 bits per heavy atom. The van der Waals surface area contributed by atoms with E-state index >= 15 is 0 Å². The van der Waals surface area contributed by atoms with Gasteiger partial charge in [0.15, 0.2) is 17.3 Å². The van der Waals surface area contributed by atoms with E-state index < -0.39 is 15.8 Å². The van der Waals surface area contributed by atoms with E-state index in [1.54, 1.807) is 35.2 Å². The summed E-state index contributed by atoms with van der Waals surface area (Å²) in [6, 6.07) is 15.2. The van der Waals surface area contributed by atoms with Gasteiger partial charge >= 0.3 is 0 Å². The third-order valence-electron chi connectivity index (χ3n) is 9.76. The van der Waals surface area contributed by atoms with Gasteiger partial charge in [-0.1, -0.05) is 6.07 Å². The third-order valence-corrected chi connectivity index (χ3v) is 11.1. The first kappa shape index (κ1) is 29.3. The second-order valence-corrected chi connectivity index (χ2v) is 14.3. The average molecular weight is 649 g/mol. The molecule has 242 valence electrons. The summed E-state index contributed by atoms with van der Waals surface area (Å²) in [7, 11) is -4.08. The van der Waals surface area contributed by atoms with E-state index in [2.05, 4.69) is 9.62 Å². The monoisotopic (exact) mass is 648 g/mol. The largest absolute Gasteiger partial charge is 0.486 e. The van der Waals surface area contributed by atoms with Gasteiger partial charge in [-0.15, -0.1) is 0 Å². The predicted molar refractivity (Wildman–Crippen MR) is 168 cm³/mol. The number of nitrogens with zero attached hydrogens (tertiary/aromatic N) is 3. The van der Waals surface area contributed by atoms with E-state index in [1.165, 1.54) is 12.1 Å². The Morgan fingerprint density at radius 2 is 1.65 bits per heavy atom. The van der Waals surface area contributed by atoms with Crippen LogP contribution in [0.3, 0.4) is 0 Å². The molecule has 0 aliphatic carbocycles. The van der Waals surface area contributed by atoms with Gasteiger partial charge in [0.2, 0.25) is 0 Å². The zero-order chi connectivity index (χ0) is 31.5. The van der Waals surface area contributed by atoms with Crippen LogP contribution in [-0.4, -0.2) is 82.2 Å². The van der Waals surface area contributed by atoms with Crippen LogP contribution in [0.4, 0.5) is 11.4 Å². The Labute approximate surface area is 266 Å². The fraction of sp³-hybridized carbons (Fsp3) is 0.455. The molecular weight excluding hydrogens is 612 g/mol. The molecule has 0 radical (unpaired) electrons. The zero-order valence-corrected chi connectivity index (χ0v) is 26.2. The summed E-state index contributed by atoms with van der Waals surface area (Å²) in [5.74, 6) is 0.411.